The molecule has 1 saturated heterocycles. The second kappa shape index (κ2) is 6.26. The van der Waals surface area contributed by atoms with Gasteiger partial charge >= 0.3 is 0 Å². The van der Waals surface area contributed by atoms with Gasteiger partial charge in [-0.15, -0.1) is 0 Å². The van der Waals surface area contributed by atoms with Gasteiger partial charge in [-0.2, -0.15) is 0 Å². The maximum absolute atomic E-state index is 13.8. The molecule has 1 aliphatic heterocycles. The molecule has 0 spiro atoms. The minimum Gasteiger partial charge on any atom is -0.290 e. The minimum atomic E-state index is -0.401. The van der Waals surface area contributed by atoms with Crippen molar-refractivity contribution >= 4 is 0 Å². The zero-order chi connectivity index (χ0) is 14.7. The summed E-state index contributed by atoms with van der Waals surface area (Å²) < 4.78 is 27.2. The van der Waals surface area contributed by atoms with Gasteiger partial charge in [0.1, 0.15) is 18.0 Å². The summed E-state index contributed by atoms with van der Waals surface area (Å²) in [6, 6.07) is 5.65. The van der Waals surface area contributed by atoms with Crippen LogP contribution in [-0.2, 0) is 6.54 Å². The van der Waals surface area contributed by atoms with Crippen molar-refractivity contribution in [2.45, 2.75) is 31.8 Å². The van der Waals surface area contributed by atoms with Crippen LogP contribution in [0, 0.1) is 11.6 Å². The van der Waals surface area contributed by atoms with Crippen molar-refractivity contribution in [2.24, 2.45) is 0 Å². The Morgan fingerprint density at radius 3 is 2.90 bits per heavy atom. The van der Waals surface area contributed by atoms with Crippen LogP contribution in [0.3, 0.4) is 0 Å². The molecule has 3 rings (SSSR count). The van der Waals surface area contributed by atoms with Crippen LogP contribution < -0.4 is 0 Å². The average Bonchev–Trinajstić information content (AvgIpc) is 2.52. The molecule has 0 saturated carbocycles. The van der Waals surface area contributed by atoms with E-state index in [0.717, 1.165) is 37.6 Å². The molecule has 2 aromatic rings. The first-order valence-electron chi connectivity index (χ1n) is 7.18. The lowest BCUT2D eigenvalue weighted by Crippen LogP contribution is -2.33. The molecule has 0 bridgehead atoms. The Hall–Kier alpha value is -1.88. The molecule has 0 aliphatic carbocycles. The molecule has 110 valence electrons. The van der Waals surface area contributed by atoms with Crippen LogP contribution in [0.15, 0.2) is 36.8 Å². The minimum absolute atomic E-state index is 0.143. The Morgan fingerprint density at radius 1 is 1.19 bits per heavy atom. The van der Waals surface area contributed by atoms with Crippen LogP contribution in [0.4, 0.5) is 8.78 Å². The summed E-state index contributed by atoms with van der Waals surface area (Å²) >= 11 is 0. The third-order valence-corrected chi connectivity index (χ3v) is 3.94. The predicted molar refractivity (Wildman–Crippen MR) is 75.4 cm³/mol. The number of hydrogen-bond acceptors (Lipinski definition) is 3. The molecule has 0 radical (unpaired) electrons. The lowest BCUT2D eigenvalue weighted by atomic mass is 9.98. The second-order valence-corrected chi connectivity index (χ2v) is 5.35. The van der Waals surface area contributed by atoms with Gasteiger partial charge in [0.05, 0.1) is 11.7 Å². The van der Waals surface area contributed by atoms with Crippen LogP contribution in [0.5, 0.6) is 0 Å². The van der Waals surface area contributed by atoms with Crippen molar-refractivity contribution < 1.29 is 8.78 Å². The molecule has 1 fully saturated rings. The van der Waals surface area contributed by atoms with Gasteiger partial charge in [0.15, 0.2) is 0 Å². The first-order valence-corrected chi connectivity index (χ1v) is 7.18. The molecule has 2 heterocycles. The average molecular weight is 289 g/mol. The van der Waals surface area contributed by atoms with Gasteiger partial charge < -0.3 is 0 Å². The number of piperidine rings is 1. The largest absolute Gasteiger partial charge is 0.290 e. The maximum Gasteiger partial charge on any atom is 0.127 e. The fourth-order valence-electron chi connectivity index (χ4n) is 2.90. The molecule has 0 unspecified atom stereocenters. The Kier molecular flexibility index (Phi) is 4.20. The number of aromatic nitrogens is 2. The summed E-state index contributed by atoms with van der Waals surface area (Å²) in [6.45, 7) is 1.27. The zero-order valence-corrected chi connectivity index (χ0v) is 11.7. The second-order valence-electron chi connectivity index (χ2n) is 5.35. The Morgan fingerprint density at radius 2 is 2.10 bits per heavy atom. The normalized spacial score (nSPS) is 19.6. The molecule has 0 amide bonds. The van der Waals surface area contributed by atoms with Crippen molar-refractivity contribution in [1.82, 2.24) is 14.9 Å². The quantitative estimate of drug-likeness (QED) is 0.866. The summed E-state index contributed by atoms with van der Waals surface area (Å²) in [5, 5.41) is 0. The van der Waals surface area contributed by atoms with Crippen molar-refractivity contribution in [2.75, 3.05) is 6.54 Å². The van der Waals surface area contributed by atoms with Crippen molar-refractivity contribution in [3.63, 3.8) is 0 Å². The number of likely N-dealkylation sites (tertiary alicyclic amines) is 1. The van der Waals surface area contributed by atoms with Gasteiger partial charge in [0.25, 0.3) is 0 Å². The van der Waals surface area contributed by atoms with E-state index in [0.29, 0.717) is 12.1 Å². The molecule has 1 aromatic carbocycles. The summed E-state index contributed by atoms with van der Waals surface area (Å²) in [7, 11) is 0. The van der Waals surface area contributed by atoms with Crippen molar-refractivity contribution in [3.8, 4) is 0 Å². The van der Waals surface area contributed by atoms with Crippen LogP contribution in [0.1, 0.15) is 36.6 Å². The monoisotopic (exact) mass is 289 g/mol. The van der Waals surface area contributed by atoms with Crippen molar-refractivity contribution in [3.05, 3.63) is 59.7 Å². The molecule has 21 heavy (non-hydrogen) atoms. The molecule has 1 aromatic heterocycles. The molecule has 1 atom stereocenters. The van der Waals surface area contributed by atoms with Gasteiger partial charge in [-0.3, -0.25) is 4.90 Å². The topological polar surface area (TPSA) is 29.0 Å². The van der Waals surface area contributed by atoms with Gasteiger partial charge in [-0.25, -0.2) is 18.7 Å². The SMILES string of the molecule is Fc1ccc(F)c(CN2CCCC[C@H]2c2ccncn2)c1. The fraction of sp³-hybridized carbons (Fsp3) is 0.375. The summed E-state index contributed by atoms with van der Waals surface area (Å²) in [4.78, 5) is 10.4. The third kappa shape index (κ3) is 3.24. The van der Waals surface area contributed by atoms with Gasteiger partial charge in [-0.05, 0) is 43.7 Å². The lowest BCUT2D eigenvalue weighted by molar-refractivity contribution is 0.135. The molecule has 0 N–H and O–H groups in total. The molecular weight excluding hydrogens is 272 g/mol. The Balaban J connectivity index is 1.83. The number of rotatable bonds is 3. The van der Waals surface area contributed by atoms with E-state index in [1.54, 1.807) is 6.20 Å². The summed E-state index contributed by atoms with van der Waals surface area (Å²) in [5.41, 5.74) is 1.34. The van der Waals surface area contributed by atoms with E-state index >= 15 is 0 Å². The van der Waals surface area contributed by atoms with Gasteiger partial charge in [-0.1, -0.05) is 6.42 Å². The highest BCUT2D eigenvalue weighted by molar-refractivity contribution is 5.19. The summed E-state index contributed by atoms with van der Waals surface area (Å²) in [5.74, 6) is -0.759. The van der Waals surface area contributed by atoms with Crippen LogP contribution in [0.25, 0.3) is 0 Å². The smallest absolute Gasteiger partial charge is 0.127 e. The highest BCUT2D eigenvalue weighted by Gasteiger charge is 2.25. The molecule has 3 nitrogen and oxygen atoms in total. The Labute approximate surface area is 122 Å². The van der Waals surface area contributed by atoms with E-state index in [1.807, 2.05) is 6.07 Å². The van der Waals surface area contributed by atoms with E-state index in [4.69, 9.17) is 0 Å². The maximum atomic E-state index is 13.8. The van der Waals surface area contributed by atoms with Gasteiger partial charge in [0.2, 0.25) is 0 Å². The molecule has 5 heteroatoms. The van der Waals surface area contributed by atoms with Crippen LogP contribution in [-0.4, -0.2) is 21.4 Å². The highest BCUT2D eigenvalue weighted by Crippen LogP contribution is 2.31. The summed E-state index contributed by atoms with van der Waals surface area (Å²) in [6.07, 6.45) is 6.42. The molecule has 1 aliphatic rings. The first kappa shape index (κ1) is 14.1. The highest BCUT2D eigenvalue weighted by atomic mass is 19.1. The number of hydrogen-bond donors (Lipinski definition) is 0. The van der Waals surface area contributed by atoms with E-state index < -0.39 is 5.82 Å². The van der Waals surface area contributed by atoms with E-state index in [9.17, 15) is 8.78 Å². The number of nitrogens with zero attached hydrogens (tertiary/aromatic N) is 3. The van der Waals surface area contributed by atoms with Crippen LogP contribution >= 0.6 is 0 Å². The fourth-order valence-corrected chi connectivity index (χ4v) is 2.90. The zero-order valence-electron chi connectivity index (χ0n) is 11.7. The number of benzene rings is 1. The standard InChI is InChI=1S/C16H17F2N3/c17-13-4-5-14(18)12(9-13)10-21-8-2-1-3-16(21)15-6-7-19-11-20-15/h4-7,9,11,16H,1-3,8,10H2/t16-/m0/s1. The van der Waals surface area contributed by atoms with Crippen LogP contribution in [0.2, 0.25) is 0 Å². The van der Waals surface area contributed by atoms with E-state index in [2.05, 4.69) is 14.9 Å². The van der Waals surface area contributed by atoms with Gasteiger partial charge in [0, 0.05) is 18.3 Å². The van der Waals surface area contributed by atoms with E-state index in [-0.39, 0.29) is 11.9 Å². The first-order chi connectivity index (χ1) is 10.2. The Bertz CT molecular complexity index is 604. The molecular formula is C16H17F2N3. The van der Waals surface area contributed by atoms with Crippen molar-refractivity contribution in [1.29, 1.82) is 0 Å². The third-order valence-electron chi connectivity index (χ3n) is 3.94. The lowest BCUT2D eigenvalue weighted by Gasteiger charge is -2.35. The predicted octanol–water partition coefficient (Wildman–Crippen LogP) is 3.48. The van der Waals surface area contributed by atoms with E-state index in [1.165, 1.54) is 18.5 Å². The number of halogens is 2.